The highest BCUT2D eigenvalue weighted by Gasteiger charge is 2.21. The Morgan fingerprint density at radius 2 is 2.03 bits per heavy atom. The molecule has 0 unspecified atom stereocenters. The summed E-state index contributed by atoms with van der Waals surface area (Å²) >= 11 is 0. The van der Waals surface area contributed by atoms with E-state index in [1.165, 1.54) is 37.7 Å². The molecule has 6 heteroatoms. The number of hydrogen-bond donors (Lipinski definition) is 2. The molecule has 1 saturated carbocycles. The Kier molecular flexibility index (Phi) is 8.36. The average molecular weight is 450 g/mol. The molecular weight excluding hydrogens is 414 g/mol. The van der Waals surface area contributed by atoms with Crippen LogP contribution in [-0.4, -0.2) is 30.6 Å². The number of aryl methyl sites for hydroxylation is 1. The minimum Gasteiger partial charge on any atom is -0.493 e. The van der Waals surface area contributed by atoms with Crippen LogP contribution in [0, 0.1) is 12.8 Å². The van der Waals surface area contributed by atoms with Crippen molar-refractivity contribution < 1.29 is 13.9 Å². The van der Waals surface area contributed by atoms with Gasteiger partial charge in [-0.2, -0.15) is 0 Å². The summed E-state index contributed by atoms with van der Waals surface area (Å²) in [6.45, 7) is 4.87. The van der Waals surface area contributed by atoms with Crippen LogP contribution >= 0.6 is 0 Å². The number of carbonyl (C=O) groups is 1. The summed E-state index contributed by atoms with van der Waals surface area (Å²) in [4.78, 5) is 16.9. The van der Waals surface area contributed by atoms with E-state index >= 15 is 0 Å². The molecule has 4 rings (SSSR count). The Balaban J connectivity index is 1.27. The number of nitrogens with zero attached hydrogens (tertiary/aromatic N) is 1. The van der Waals surface area contributed by atoms with Gasteiger partial charge in [0.1, 0.15) is 11.3 Å². The highest BCUT2D eigenvalue weighted by molar-refractivity contribution is 6.00. The fourth-order valence-corrected chi connectivity index (χ4v) is 4.66. The Bertz CT molecular complexity index is 1030. The standard InChI is InChI=1S/C27H35N3O3/c1-20-25-23(32-17-7-15-29-19-22-10-6-14-28-18-22)11-5-12-24(25)33-26(20)27(31)30-16-13-21-8-3-2-4-9-21/h5-6,10-12,14,18,21,29H,2-4,7-9,13,15-17,19H2,1H3,(H,30,31). The number of nitrogens with one attached hydrogen (secondary N) is 2. The zero-order valence-electron chi connectivity index (χ0n) is 19.6. The van der Waals surface area contributed by atoms with E-state index in [9.17, 15) is 4.79 Å². The Labute approximate surface area is 196 Å². The van der Waals surface area contributed by atoms with Crippen molar-refractivity contribution in [3.8, 4) is 5.75 Å². The van der Waals surface area contributed by atoms with E-state index < -0.39 is 0 Å². The number of ether oxygens (including phenoxy) is 1. The van der Waals surface area contributed by atoms with Crippen LogP contribution in [0.4, 0.5) is 0 Å². The second kappa shape index (κ2) is 11.8. The average Bonchev–Trinajstić information content (AvgIpc) is 3.20. The van der Waals surface area contributed by atoms with E-state index in [0.717, 1.165) is 48.5 Å². The zero-order chi connectivity index (χ0) is 22.9. The van der Waals surface area contributed by atoms with Crippen molar-refractivity contribution in [1.29, 1.82) is 0 Å². The van der Waals surface area contributed by atoms with E-state index in [1.807, 2.05) is 37.4 Å². The van der Waals surface area contributed by atoms with E-state index in [-0.39, 0.29) is 5.91 Å². The lowest BCUT2D eigenvalue weighted by atomic mass is 9.87. The largest absolute Gasteiger partial charge is 0.493 e. The molecule has 1 amide bonds. The second-order valence-electron chi connectivity index (χ2n) is 8.97. The molecule has 2 N–H and O–H groups in total. The van der Waals surface area contributed by atoms with Gasteiger partial charge in [0.25, 0.3) is 5.91 Å². The van der Waals surface area contributed by atoms with Crippen molar-refractivity contribution in [3.05, 3.63) is 59.6 Å². The molecule has 1 aliphatic carbocycles. The third-order valence-electron chi connectivity index (χ3n) is 6.49. The first kappa shape index (κ1) is 23.3. The molecule has 6 nitrogen and oxygen atoms in total. The van der Waals surface area contributed by atoms with Crippen LogP contribution < -0.4 is 15.4 Å². The molecular formula is C27H35N3O3. The number of rotatable bonds is 11. The van der Waals surface area contributed by atoms with Crippen molar-refractivity contribution in [2.24, 2.45) is 5.92 Å². The number of fused-ring (bicyclic) bond motifs is 1. The predicted molar refractivity (Wildman–Crippen MR) is 131 cm³/mol. The number of amides is 1. The predicted octanol–water partition coefficient (Wildman–Crippen LogP) is 5.40. The summed E-state index contributed by atoms with van der Waals surface area (Å²) in [5, 5.41) is 7.36. The first-order chi connectivity index (χ1) is 16.2. The number of hydrogen-bond acceptors (Lipinski definition) is 5. The molecule has 33 heavy (non-hydrogen) atoms. The third kappa shape index (κ3) is 6.35. The molecule has 2 aromatic heterocycles. The summed E-state index contributed by atoms with van der Waals surface area (Å²) < 4.78 is 12.0. The summed E-state index contributed by atoms with van der Waals surface area (Å²) in [5.41, 5.74) is 2.70. The number of benzene rings is 1. The van der Waals surface area contributed by atoms with Crippen molar-refractivity contribution >= 4 is 16.9 Å². The maximum Gasteiger partial charge on any atom is 0.287 e. The van der Waals surface area contributed by atoms with Gasteiger partial charge in [-0.3, -0.25) is 9.78 Å². The lowest BCUT2D eigenvalue weighted by Gasteiger charge is -2.21. The molecule has 0 radical (unpaired) electrons. The van der Waals surface area contributed by atoms with E-state index in [2.05, 4.69) is 21.7 Å². The molecule has 176 valence electrons. The molecule has 0 atom stereocenters. The van der Waals surface area contributed by atoms with Gasteiger partial charge < -0.3 is 19.8 Å². The minimum atomic E-state index is -0.134. The summed E-state index contributed by atoms with van der Waals surface area (Å²) in [6, 6.07) is 9.75. The Hall–Kier alpha value is -2.86. The van der Waals surface area contributed by atoms with Gasteiger partial charge in [-0.1, -0.05) is 44.2 Å². The highest BCUT2D eigenvalue weighted by Crippen LogP contribution is 2.33. The van der Waals surface area contributed by atoms with Crippen LogP contribution in [0.1, 0.15) is 66.6 Å². The van der Waals surface area contributed by atoms with Crippen LogP contribution in [0.15, 0.2) is 47.1 Å². The smallest absolute Gasteiger partial charge is 0.287 e. The first-order valence-electron chi connectivity index (χ1n) is 12.2. The van der Waals surface area contributed by atoms with Crippen molar-refractivity contribution in [1.82, 2.24) is 15.6 Å². The van der Waals surface area contributed by atoms with Crippen molar-refractivity contribution in [2.75, 3.05) is 19.7 Å². The van der Waals surface area contributed by atoms with Gasteiger partial charge in [-0.15, -0.1) is 0 Å². The van der Waals surface area contributed by atoms with Crippen molar-refractivity contribution in [3.63, 3.8) is 0 Å². The number of aromatic nitrogens is 1. The quantitative estimate of drug-likeness (QED) is 0.384. The molecule has 1 fully saturated rings. The first-order valence-corrected chi connectivity index (χ1v) is 12.2. The van der Waals surface area contributed by atoms with E-state index in [4.69, 9.17) is 9.15 Å². The fourth-order valence-electron chi connectivity index (χ4n) is 4.66. The number of pyridine rings is 1. The second-order valence-corrected chi connectivity index (χ2v) is 8.97. The van der Waals surface area contributed by atoms with Gasteiger partial charge in [0, 0.05) is 31.0 Å². The van der Waals surface area contributed by atoms with Gasteiger partial charge in [-0.25, -0.2) is 0 Å². The summed E-state index contributed by atoms with van der Waals surface area (Å²) in [7, 11) is 0. The zero-order valence-corrected chi connectivity index (χ0v) is 19.6. The van der Waals surface area contributed by atoms with Crippen LogP contribution in [0.25, 0.3) is 11.0 Å². The van der Waals surface area contributed by atoms with Crippen LogP contribution in [-0.2, 0) is 6.54 Å². The topological polar surface area (TPSA) is 76.4 Å². The van der Waals surface area contributed by atoms with Crippen LogP contribution in [0.5, 0.6) is 5.75 Å². The summed E-state index contributed by atoms with van der Waals surface area (Å²) in [6.07, 6.45) is 12.2. The van der Waals surface area contributed by atoms with Crippen molar-refractivity contribution in [2.45, 2.75) is 58.4 Å². The maximum atomic E-state index is 12.8. The minimum absolute atomic E-state index is 0.134. The van der Waals surface area contributed by atoms with Gasteiger partial charge in [0.05, 0.1) is 12.0 Å². The normalized spacial score (nSPS) is 14.5. The molecule has 3 aromatic rings. The fraction of sp³-hybridized carbons (Fsp3) is 0.481. The van der Waals surface area contributed by atoms with Gasteiger partial charge in [0.15, 0.2) is 5.76 Å². The van der Waals surface area contributed by atoms with Gasteiger partial charge >= 0.3 is 0 Å². The third-order valence-corrected chi connectivity index (χ3v) is 6.49. The maximum absolute atomic E-state index is 12.8. The van der Waals surface area contributed by atoms with E-state index in [1.54, 1.807) is 6.20 Å². The molecule has 2 heterocycles. The molecule has 0 saturated heterocycles. The molecule has 0 bridgehead atoms. The molecule has 1 aromatic carbocycles. The number of carbonyl (C=O) groups excluding carboxylic acids is 1. The lowest BCUT2D eigenvalue weighted by molar-refractivity contribution is 0.0924. The Morgan fingerprint density at radius 1 is 1.15 bits per heavy atom. The lowest BCUT2D eigenvalue weighted by Crippen LogP contribution is -2.26. The highest BCUT2D eigenvalue weighted by atomic mass is 16.5. The Morgan fingerprint density at radius 3 is 2.85 bits per heavy atom. The summed E-state index contributed by atoms with van der Waals surface area (Å²) in [5.74, 6) is 1.77. The van der Waals surface area contributed by atoms with Gasteiger partial charge in [-0.05, 0) is 56.0 Å². The number of furan rings is 1. The molecule has 1 aliphatic rings. The SMILES string of the molecule is Cc1c(C(=O)NCCC2CCCCC2)oc2cccc(OCCCNCc3cccnc3)c12. The van der Waals surface area contributed by atoms with E-state index in [0.29, 0.717) is 24.5 Å². The van der Waals surface area contributed by atoms with Gasteiger partial charge in [0.2, 0.25) is 0 Å². The monoisotopic (exact) mass is 449 g/mol. The van der Waals surface area contributed by atoms with Crippen LogP contribution in [0.3, 0.4) is 0 Å². The van der Waals surface area contributed by atoms with Crippen LogP contribution in [0.2, 0.25) is 0 Å². The molecule has 0 aliphatic heterocycles. The molecule has 0 spiro atoms.